The molecule has 3 rings (SSSR count). The van der Waals surface area contributed by atoms with Crippen LogP contribution in [-0.2, 0) is 27.8 Å². The summed E-state index contributed by atoms with van der Waals surface area (Å²) in [5, 5.41) is 0. The number of carbonyl (C=O) groups is 1. The highest BCUT2D eigenvalue weighted by molar-refractivity contribution is 7.89. The average molecular weight is 416 g/mol. The monoisotopic (exact) mass is 415 g/mol. The third kappa shape index (κ3) is 5.65. The summed E-state index contributed by atoms with van der Waals surface area (Å²) in [5.41, 5.74) is 2.27. The second-order valence-electron chi connectivity index (χ2n) is 7.57. The maximum absolute atomic E-state index is 12.6. The number of nitrogens with zero attached hydrogens (tertiary/aromatic N) is 3. The van der Waals surface area contributed by atoms with E-state index in [0.29, 0.717) is 12.8 Å². The molecular weight excluding hydrogens is 386 g/mol. The SMILES string of the molecule is CN(C)S(=O)(=O)c1ccc(CCC(=O)N2CCN(Cc3ccccc3)CC2)cc1. The van der Waals surface area contributed by atoms with Crippen LogP contribution >= 0.6 is 0 Å². The van der Waals surface area contributed by atoms with Gasteiger partial charge in [-0.05, 0) is 29.7 Å². The Kier molecular flexibility index (Phi) is 7.05. The van der Waals surface area contributed by atoms with Gasteiger partial charge in [0, 0.05) is 53.2 Å². The van der Waals surface area contributed by atoms with Crippen molar-refractivity contribution in [1.82, 2.24) is 14.1 Å². The number of benzene rings is 2. The van der Waals surface area contributed by atoms with E-state index in [9.17, 15) is 13.2 Å². The van der Waals surface area contributed by atoms with Crippen molar-refractivity contribution in [1.29, 1.82) is 0 Å². The fraction of sp³-hybridized carbons (Fsp3) is 0.409. The first-order chi connectivity index (χ1) is 13.9. The normalized spacial score (nSPS) is 15.6. The standard InChI is InChI=1S/C22H29N3O3S/c1-23(2)29(27,28)21-11-8-19(9-12-21)10-13-22(26)25-16-14-24(15-17-25)18-20-6-4-3-5-7-20/h3-9,11-12H,10,13-18H2,1-2H3. The summed E-state index contributed by atoms with van der Waals surface area (Å²) in [5.74, 6) is 0.161. The van der Waals surface area contributed by atoms with Gasteiger partial charge in [-0.1, -0.05) is 42.5 Å². The van der Waals surface area contributed by atoms with E-state index < -0.39 is 10.0 Å². The van der Waals surface area contributed by atoms with Crippen LogP contribution in [0.2, 0.25) is 0 Å². The molecule has 0 N–H and O–H groups in total. The van der Waals surface area contributed by atoms with E-state index in [1.165, 1.54) is 24.0 Å². The van der Waals surface area contributed by atoms with Gasteiger partial charge in [0.2, 0.25) is 15.9 Å². The van der Waals surface area contributed by atoms with Crippen molar-refractivity contribution in [2.75, 3.05) is 40.3 Å². The lowest BCUT2D eigenvalue weighted by molar-refractivity contribution is -0.133. The molecule has 0 radical (unpaired) electrons. The Morgan fingerprint density at radius 3 is 2.10 bits per heavy atom. The number of piperazine rings is 1. The second kappa shape index (κ2) is 9.52. The van der Waals surface area contributed by atoms with E-state index in [1.54, 1.807) is 24.3 Å². The van der Waals surface area contributed by atoms with Crippen LogP contribution in [0, 0.1) is 0 Å². The van der Waals surface area contributed by atoms with Crippen molar-refractivity contribution in [2.24, 2.45) is 0 Å². The van der Waals surface area contributed by atoms with Gasteiger partial charge in [-0.25, -0.2) is 12.7 Å². The summed E-state index contributed by atoms with van der Waals surface area (Å²) in [6.45, 7) is 4.21. The molecule has 1 heterocycles. The molecule has 0 aliphatic carbocycles. The maximum Gasteiger partial charge on any atom is 0.242 e. The average Bonchev–Trinajstić information content (AvgIpc) is 2.73. The van der Waals surface area contributed by atoms with Crippen LogP contribution < -0.4 is 0 Å². The van der Waals surface area contributed by atoms with Crippen molar-refractivity contribution >= 4 is 15.9 Å². The summed E-state index contributed by atoms with van der Waals surface area (Å²) in [4.78, 5) is 17.1. The highest BCUT2D eigenvalue weighted by atomic mass is 32.2. The first-order valence-corrected chi connectivity index (χ1v) is 11.4. The Hall–Kier alpha value is -2.22. The molecule has 2 aromatic rings. The number of hydrogen-bond donors (Lipinski definition) is 0. The van der Waals surface area contributed by atoms with Gasteiger partial charge in [-0.15, -0.1) is 0 Å². The van der Waals surface area contributed by atoms with E-state index >= 15 is 0 Å². The highest BCUT2D eigenvalue weighted by Crippen LogP contribution is 2.16. The molecule has 1 aliphatic rings. The van der Waals surface area contributed by atoms with Gasteiger partial charge in [0.1, 0.15) is 0 Å². The second-order valence-corrected chi connectivity index (χ2v) is 9.73. The minimum atomic E-state index is -3.42. The molecule has 6 nitrogen and oxygen atoms in total. The fourth-order valence-corrected chi connectivity index (χ4v) is 4.35. The van der Waals surface area contributed by atoms with Crippen LogP contribution in [0.5, 0.6) is 0 Å². The number of hydrogen-bond acceptors (Lipinski definition) is 4. The van der Waals surface area contributed by atoms with Gasteiger partial charge in [0.05, 0.1) is 4.90 Å². The van der Waals surface area contributed by atoms with Gasteiger partial charge in [0.25, 0.3) is 0 Å². The molecule has 1 fully saturated rings. The van der Waals surface area contributed by atoms with Gasteiger partial charge in [-0.2, -0.15) is 0 Å². The summed E-state index contributed by atoms with van der Waals surface area (Å²) in [7, 11) is -0.386. The van der Waals surface area contributed by atoms with E-state index in [1.807, 2.05) is 11.0 Å². The van der Waals surface area contributed by atoms with Crippen LogP contribution in [0.1, 0.15) is 17.5 Å². The lowest BCUT2D eigenvalue weighted by Crippen LogP contribution is -2.48. The number of amides is 1. The van der Waals surface area contributed by atoms with Crippen molar-refractivity contribution in [3.63, 3.8) is 0 Å². The molecule has 1 amide bonds. The summed E-state index contributed by atoms with van der Waals surface area (Å²) in [6.07, 6.45) is 1.06. The summed E-state index contributed by atoms with van der Waals surface area (Å²) < 4.78 is 25.4. The molecule has 0 bridgehead atoms. The van der Waals surface area contributed by atoms with Gasteiger partial charge in [0.15, 0.2) is 0 Å². The zero-order chi connectivity index (χ0) is 20.9. The number of sulfonamides is 1. The topological polar surface area (TPSA) is 60.9 Å². The molecule has 0 atom stereocenters. The van der Waals surface area contributed by atoms with Crippen LogP contribution in [0.4, 0.5) is 0 Å². The molecule has 0 saturated carbocycles. The molecule has 0 unspecified atom stereocenters. The molecule has 0 spiro atoms. The number of aryl methyl sites for hydroxylation is 1. The van der Waals surface area contributed by atoms with Crippen molar-refractivity contribution < 1.29 is 13.2 Å². The lowest BCUT2D eigenvalue weighted by atomic mass is 10.1. The summed E-state index contributed by atoms with van der Waals surface area (Å²) >= 11 is 0. The number of rotatable bonds is 7. The predicted molar refractivity (Wildman–Crippen MR) is 114 cm³/mol. The Bertz CT molecular complexity index is 904. The largest absolute Gasteiger partial charge is 0.340 e. The maximum atomic E-state index is 12.6. The van der Waals surface area contributed by atoms with Crippen LogP contribution in [0.15, 0.2) is 59.5 Å². The van der Waals surface area contributed by atoms with E-state index in [2.05, 4.69) is 29.2 Å². The Labute approximate surface area is 173 Å². The van der Waals surface area contributed by atoms with Gasteiger partial charge >= 0.3 is 0 Å². The Morgan fingerprint density at radius 2 is 1.52 bits per heavy atom. The first-order valence-electron chi connectivity index (χ1n) is 9.92. The minimum absolute atomic E-state index is 0.161. The van der Waals surface area contributed by atoms with Crippen LogP contribution in [0.3, 0.4) is 0 Å². The van der Waals surface area contributed by atoms with E-state index in [-0.39, 0.29) is 10.8 Å². The fourth-order valence-electron chi connectivity index (χ4n) is 3.45. The third-order valence-corrected chi connectivity index (χ3v) is 7.13. The quantitative estimate of drug-likeness (QED) is 0.696. The first kappa shape index (κ1) is 21.5. The third-order valence-electron chi connectivity index (χ3n) is 5.30. The van der Waals surface area contributed by atoms with Crippen LogP contribution in [-0.4, -0.2) is 68.7 Å². The smallest absolute Gasteiger partial charge is 0.242 e. The molecule has 156 valence electrons. The number of carbonyl (C=O) groups excluding carboxylic acids is 1. The lowest BCUT2D eigenvalue weighted by Gasteiger charge is -2.34. The van der Waals surface area contributed by atoms with Crippen molar-refractivity contribution in [2.45, 2.75) is 24.3 Å². The highest BCUT2D eigenvalue weighted by Gasteiger charge is 2.21. The van der Waals surface area contributed by atoms with Crippen LogP contribution in [0.25, 0.3) is 0 Å². The summed E-state index contributed by atoms with van der Waals surface area (Å²) in [6, 6.07) is 17.2. The molecule has 2 aromatic carbocycles. The molecule has 1 aliphatic heterocycles. The molecule has 0 aromatic heterocycles. The van der Waals surface area contributed by atoms with Crippen molar-refractivity contribution in [3.05, 3.63) is 65.7 Å². The molecule has 29 heavy (non-hydrogen) atoms. The minimum Gasteiger partial charge on any atom is -0.340 e. The van der Waals surface area contributed by atoms with Crippen molar-refractivity contribution in [3.8, 4) is 0 Å². The van der Waals surface area contributed by atoms with Gasteiger partial charge in [-0.3, -0.25) is 9.69 Å². The Balaban J connectivity index is 1.45. The van der Waals surface area contributed by atoms with E-state index in [4.69, 9.17) is 0 Å². The van der Waals surface area contributed by atoms with E-state index in [0.717, 1.165) is 38.3 Å². The zero-order valence-corrected chi connectivity index (χ0v) is 17.9. The molecular formula is C22H29N3O3S. The molecule has 1 saturated heterocycles. The predicted octanol–water partition coefficient (Wildman–Crippen LogP) is 2.21. The Morgan fingerprint density at radius 1 is 0.897 bits per heavy atom. The van der Waals surface area contributed by atoms with Gasteiger partial charge < -0.3 is 4.90 Å². The zero-order valence-electron chi connectivity index (χ0n) is 17.1. The molecule has 7 heteroatoms.